The van der Waals surface area contributed by atoms with Gasteiger partial charge in [0.1, 0.15) is 12.2 Å². The zero-order chi connectivity index (χ0) is 17.3. The molecule has 1 unspecified atom stereocenters. The lowest BCUT2D eigenvalue weighted by molar-refractivity contribution is -0.185. The van der Waals surface area contributed by atoms with Gasteiger partial charge >= 0.3 is 0 Å². The average Bonchev–Trinajstić information content (AvgIpc) is 2.68. The van der Waals surface area contributed by atoms with E-state index in [2.05, 4.69) is 0 Å². The maximum absolute atomic E-state index is 6.03. The van der Waals surface area contributed by atoms with Crippen molar-refractivity contribution in [3.05, 3.63) is 83.9 Å². The van der Waals surface area contributed by atoms with Crippen molar-refractivity contribution in [2.45, 2.75) is 31.7 Å². The van der Waals surface area contributed by atoms with Crippen molar-refractivity contribution in [1.29, 1.82) is 0 Å². The van der Waals surface area contributed by atoms with Crippen LogP contribution in [0.25, 0.3) is 0 Å². The summed E-state index contributed by atoms with van der Waals surface area (Å²) in [7, 11) is 1.63. The molecule has 0 N–H and O–H groups in total. The van der Waals surface area contributed by atoms with E-state index >= 15 is 0 Å². The summed E-state index contributed by atoms with van der Waals surface area (Å²) >= 11 is 0. The van der Waals surface area contributed by atoms with Gasteiger partial charge in [0.2, 0.25) is 0 Å². The molecule has 2 aromatic carbocycles. The molecular formula is C21H24O4. The van der Waals surface area contributed by atoms with Crippen molar-refractivity contribution < 1.29 is 18.9 Å². The number of hydrogen-bond donors (Lipinski definition) is 0. The van der Waals surface area contributed by atoms with Gasteiger partial charge in [-0.25, -0.2) is 0 Å². The Balaban J connectivity index is 1.54. The molecule has 1 aliphatic heterocycles. The minimum atomic E-state index is -0.359. The largest absolute Gasteiger partial charge is 0.374 e. The smallest absolute Gasteiger partial charge is 0.177 e. The number of methoxy groups -OCH3 is 1. The highest BCUT2D eigenvalue weighted by Gasteiger charge is 2.28. The first-order valence-corrected chi connectivity index (χ1v) is 8.49. The van der Waals surface area contributed by atoms with Gasteiger partial charge in [-0.2, -0.15) is 0 Å². The van der Waals surface area contributed by atoms with E-state index in [9.17, 15) is 0 Å². The molecule has 0 aromatic heterocycles. The van der Waals surface area contributed by atoms with Crippen molar-refractivity contribution in [3.8, 4) is 0 Å². The molecule has 0 amide bonds. The van der Waals surface area contributed by atoms with Crippen LogP contribution in [0.2, 0.25) is 0 Å². The van der Waals surface area contributed by atoms with E-state index in [0.717, 1.165) is 11.1 Å². The second-order valence-electron chi connectivity index (χ2n) is 5.93. The fraction of sp³-hybridized carbons (Fsp3) is 0.333. The number of rotatable bonds is 8. The quantitative estimate of drug-likeness (QED) is 0.687. The zero-order valence-electron chi connectivity index (χ0n) is 14.4. The van der Waals surface area contributed by atoms with Gasteiger partial charge in [0.05, 0.1) is 19.8 Å². The summed E-state index contributed by atoms with van der Waals surface area (Å²) in [6.07, 6.45) is 3.15. The summed E-state index contributed by atoms with van der Waals surface area (Å²) in [5.74, 6) is 0. The van der Waals surface area contributed by atoms with Gasteiger partial charge in [-0.15, -0.1) is 0 Å². The van der Waals surface area contributed by atoms with Gasteiger partial charge < -0.3 is 18.9 Å². The molecule has 0 radical (unpaired) electrons. The van der Waals surface area contributed by atoms with E-state index in [1.807, 2.05) is 72.8 Å². The molecule has 0 aliphatic carbocycles. The van der Waals surface area contributed by atoms with Gasteiger partial charge in [-0.3, -0.25) is 0 Å². The van der Waals surface area contributed by atoms with Crippen molar-refractivity contribution >= 4 is 0 Å². The van der Waals surface area contributed by atoms with E-state index in [-0.39, 0.29) is 18.5 Å². The third-order valence-electron chi connectivity index (χ3n) is 4.04. The Kier molecular flexibility index (Phi) is 6.77. The molecule has 4 nitrogen and oxygen atoms in total. The molecule has 0 fully saturated rings. The normalized spacial score (nSPS) is 22.8. The van der Waals surface area contributed by atoms with Crippen LogP contribution in [-0.4, -0.2) is 32.2 Å². The Morgan fingerprint density at radius 2 is 1.48 bits per heavy atom. The lowest BCUT2D eigenvalue weighted by Gasteiger charge is -2.31. The van der Waals surface area contributed by atoms with Crippen LogP contribution in [0.3, 0.4) is 0 Å². The molecule has 3 atom stereocenters. The summed E-state index contributed by atoms with van der Waals surface area (Å²) in [5.41, 5.74) is 2.27. The summed E-state index contributed by atoms with van der Waals surface area (Å²) in [6.45, 7) is 1.53. The number of ether oxygens (including phenoxy) is 4. The zero-order valence-corrected chi connectivity index (χ0v) is 14.4. The van der Waals surface area contributed by atoms with Crippen molar-refractivity contribution in [1.82, 2.24) is 0 Å². The lowest BCUT2D eigenvalue weighted by atomic mass is 10.1. The fourth-order valence-electron chi connectivity index (χ4n) is 2.68. The number of benzene rings is 2. The molecule has 4 heteroatoms. The third-order valence-corrected chi connectivity index (χ3v) is 4.04. The highest BCUT2D eigenvalue weighted by Crippen LogP contribution is 2.19. The van der Waals surface area contributed by atoms with E-state index in [4.69, 9.17) is 18.9 Å². The van der Waals surface area contributed by atoms with Crippen molar-refractivity contribution in [2.24, 2.45) is 0 Å². The molecule has 0 spiro atoms. The second-order valence-corrected chi connectivity index (χ2v) is 5.93. The molecule has 0 saturated heterocycles. The van der Waals surface area contributed by atoms with Crippen LogP contribution in [0.15, 0.2) is 72.8 Å². The van der Waals surface area contributed by atoms with Gasteiger partial charge in [0.15, 0.2) is 6.29 Å². The van der Waals surface area contributed by atoms with Crippen LogP contribution in [0, 0.1) is 0 Å². The second kappa shape index (κ2) is 9.49. The van der Waals surface area contributed by atoms with Crippen molar-refractivity contribution in [2.75, 3.05) is 13.7 Å². The highest BCUT2D eigenvalue weighted by molar-refractivity contribution is 5.14. The van der Waals surface area contributed by atoms with E-state index in [1.54, 1.807) is 7.11 Å². The monoisotopic (exact) mass is 340 g/mol. The summed E-state index contributed by atoms with van der Waals surface area (Å²) in [6, 6.07) is 20.2. The summed E-state index contributed by atoms with van der Waals surface area (Å²) in [5, 5.41) is 0. The Morgan fingerprint density at radius 3 is 2.12 bits per heavy atom. The Hall–Kier alpha value is -1.98. The first-order chi connectivity index (χ1) is 12.3. The minimum Gasteiger partial charge on any atom is -0.374 e. The molecule has 132 valence electrons. The van der Waals surface area contributed by atoms with Crippen molar-refractivity contribution in [3.63, 3.8) is 0 Å². The molecule has 0 saturated carbocycles. The minimum absolute atomic E-state index is 0.164. The van der Waals surface area contributed by atoms with Crippen LogP contribution in [-0.2, 0) is 32.2 Å². The molecule has 25 heavy (non-hydrogen) atoms. The fourth-order valence-corrected chi connectivity index (χ4v) is 2.68. The van der Waals surface area contributed by atoms with E-state index in [0.29, 0.717) is 19.8 Å². The van der Waals surface area contributed by atoms with Gasteiger partial charge in [0, 0.05) is 7.11 Å². The van der Waals surface area contributed by atoms with E-state index < -0.39 is 0 Å². The topological polar surface area (TPSA) is 36.9 Å². The van der Waals surface area contributed by atoms with Crippen LogP contribution in [0.4, 0.5) is 0 Å². The Labute approximate surface area is 149 Å². The molecule has 2 aromatic rings. The Morgan fingerprint density at radius 1 is 0.840 bits per heavy atom. The maximum Gasteiger partial charge on any atom is 0.177 e. The highest BCUT2D eigenvalue weighted by atomic mass is 16.7. The predicted molar refractivity (Wildman–Crippen MR) is 95.9 cm³/mol. The maximum atomic E-state index is 6.03. The lowest BCUT2D eigenvalue weighted by Crippen LogP contribution is -2.40. The van der Waals surface area contributed by atoms with Crippen LogP contribution < -0.4 is 0 Å². The van der Waals surface area contributed by atoms with Crippen LogP contribution in [0.5, 0.6) is 0 Å². The molecule has 1 aliphatic rings. The van der Waals surface area contributed by atoms with Gasteiger partial charge in [-0.05, 0) is 17.2 Å². The summed E-state index contributed by atoms with van der Waals surface area (Å²) < 4.78 is 23.1. The number of hydrogen-bond acceptors (Lipinski definition) is 4. The van der Waals surface area contributed by atoms with Gasteiger partial charge in [0.25, 0.3) is 0 Å². The van der Waals surface area contributed by atoms with Gasteiger partial charge in [-0.1, -0.05) is 66.7 Å². The molecule has 1 heterocycles. The molecular weight excluding hydrogens is 316 g/mol. The average molecular weight is 340 g/mol. The Bertz CT molecular complexity index is 641. The van der Waals surface area contributed by atoms with Crippen LogP contribution >= 0.6 is 0 Å². The first kappa shape index (κ1) is 17.8. The molecule has 3 rings (SSSR count). The van der Waals surface area contributed by atoms with E-state index in [1.165, 1.54) is 0 Å². The SMILES string of the molecule is COC1C=C[C@H](OCc2ccccc2)[C@@H](COCc2ccccc2)O1. The third kappa shape index (κ3) is 5.51. The predicted octanol–water partition coefficient (Wildman–Crippen LogP) is 3.72. The summed E-state index contributed by atoms with van der Waals surface area (Å²) in [4.78, 5) is 0. The van der Waals surface area contributed by atoms with Crippen LogP contribution in [0.1, 0.15) is 11.1 Å². The standard InChI is InChI=1S/C21H24O4/c1-22-21-13-12-19(24-15-18-10-6-3-7-11-18)20(25-21)16-23-14-17-8-4-2-5-9-17/h2-13,19-21H,14-16H2,1H3/t19-,20+,21?/m0/s1. The molecule has 0 bridgehead atoms. The first-order valence-electron chi connectivity index (χ1n) is 8.49.